The van der Waals surface area contributed by atoms with Gasteiger partial charge in [-0.2, -0.15) is 0 Å². The van der Waals surface area contributed by atoms with Gasteiger partial charge in [-0.3, -0.25) is 0 Å². The van der Waals surface area contributed by atoms with E-state index in [0.717, 1.165) is 17.5 Å². The summed E-state index contributed by atoms with van der Waals surface area (Å²) in [4.78, 5) is 9.53. The molecule has 2 heterocycles. The van der Waals surface area contributed by atoms with Crippen LogP contribution in [-0.4, -0.2) is 100 Å². The average molecular weight is 327 g/mol. The van der Waals surface area contributed by atoms with E-state index >= 15 is 0 Å². The molecule has 0 aromatic heterocycles. The Morgan fingerprint density at radius 3 is 1.52 bits per heavy atom. The normalized spacial score (nSPS) is 25.3. The fraction of sp³-hybridized carbons (Fsp3) is 1.00. The number of likely N-dealkylation sites (tertiary alicyclic amines) is 2. The summed E-state index contributed by atoms with van der Waals surface area (Å²) >= 11 is 0. The van der Waals surface area contributed by atoms with E-state index in [0.29, 0.717) is 0 Å². The van der Waals surface area contributed by atoms with Gasteiger partial charge in [0.2, 0.25) is 0 Å². The highest BCUT2D eigenvalue weighted by Gasteiger charge is 2.51. The molecule has 4 nitrogen and oxygen atoms in total. The van der Waals surface area contributed by atoms with Crippen LogP contribution in [0.2, 0.25) is 0 Å². The third-order valence-corrected chi connectivity index (χ3v) is 5.70. The molecule has 3 aliphatic rings. The Bertz CT molecular complexity index is 307. The Morgan fingerprint density at radius 2 is 1.17 bits per heavy atom. The Kier molecular flexibility index (Phi) is 8.50. The second-order valence-corrected chi connectivity index (χ2v) is 8.20. The van der Waals surface area contributed by atoms with Crippen LogP contribution in [0.15, 0.2) is 0 Å². The van der Waals surface area contributed by atoms with E-state index in [9.17, 15) is 0 Å². The maximum Gasteiger partial charge on any atom is 0.0113 e. The predicted molar refractivity (Wildman–Crippen MR) is 102 cm³/mol. The fourth-order valence-corrected chi connectivity index (χ4v) is 4.17. The summed E-state index contributed by atoms with van der Waals surface area (Å²) in [5.74, 6) is 0. The molecule has 3 fully saturated rings. The Balaban J connectivity index is 0.000000209. The van der Waals surface area contributed by atoms with E-state index in [1.54, 1.807) is 0 Å². The summed E-state index contributed by atoms with van der Waals surface area (Å²) in [5, 5.41) is 0. The molecule has 0 radical (unpaired) electrons. The minimum atomic E-state index is 0.754. The first-order valence-corrected chi connectivity index (χ1v) is 9.51. The van der Waals surface area contributed by atoms with E-state index in [4.69, 9.17) is 0 Å². The third-order valence-electron chi connectivity index (χ3n) is 5.70. The highest BCUT2D eigenvalue weighted by atomic mass is 15.2. The highest BCUT2D eigenvalue weighted by Crippen LogP contribution is 2.48. The summed E-state index contributed by atoms with van der Waals surface area (Å²) in [7, 11) is 13.2. The lowest BCUT2D eigenvalue weighted by atomic mass is 9.60. The Morgan fingerprint density at radius 1 is 0.739 bits per heavy atom. The van der Waals surface area contributed by atoms with Gasteiger partial charge >= 0.3 is 0 Å². The molecule has 0 N–H and O–H groups in total. The van der Waals surface area contributed by atoms with Crippen LogP contribution in [0, 0.1) is 5.41 Å². The van der Waals surface area contributed by atoms with Crippen molar-refractivity contribution in [2.75, 3.05) is 68.5 Å². The molecule has 0 aromatic carbocycles. The quantitative estimate of drug-likeness (QED) is 0.772. The van der Waals surface area contributed by atoms with Crippen LogP contribution in [0.1, 0.15) is 39.5 Å². The first-order chi connectivity index (χ1) is 10.8. The fourth-order valence-electron chi connectivity index (χ4n) is 4.17. The number of hydrogen-bond donors (Lipinski definition) is 0. The van der Waals surface area contributed by atoms with Gasteiger partial charge in [0, 0.05) is 25.2 Å². The predicted octanol–water partition coefficient (Wildman–Crippen LogP) is 2.31. The highest BCUT2D eigenvalue weighted by molar-refractivity contribution is 5.05. The minimum Gasteiger partial charge on any atom is -0.306 e. The van der Waals surface area contributed by atoms with Gasteiger partial charge in [-0.25, -0.2) is 0 Å². The number of rotatable bonds is 2. The molecule has 23 heavy (non-hydrogen) atoms. The zero-order chi connectivity index (χ0) is 17.6. The standard InChI is InChI=1S/C9H18N2.C8H18N2.C2H6/c1-10(2)8-4-9(5-8)6-11(3)7-9;1-9(2)8-4-6-10(3)7-5-8;1-2/h8H,4-7H2,1-3H3;8H,4-7H2,1-3H3;1-2H3. The summed E-state index contributed by atoms with van der Waals surface area (Å²) in [5.41, 5.74) is 0.754. The van der Waals surface area contributed by atoms with Crippen molar-refractivity contribution in [3.8, 4) is 0 Å². The Labute approximate surface area is 145 Å². The topological polar surface area (TPSA) is 13.0 Å². The molecule has 138 valence electrons. The van der Waals surface area contributed by atoms with Gasteiger partial charge in [0.15, 0.2) is 0 Å². The van der Waals surface area contributed by atoms with Gasteiger partial charge in [-0.05, 0) is 86.5 Å². The molecule has 1 saturated carbocycles. The third kappa shape index (κ3) is 6.00. The van der Waals surface area contributed by atoms with Crippen LogP contribution in [0.4, 0.5) is 0 Å². The first kappa shape index (κ1) is 20.9. The molecular weight excluding hydrogens is 284 g/mol. The SMILES string of the molecule is CC.CN1CC2(CC(N(C)C)C2)C1.CN1CCC(N(C)C)CC1. The number of hydrogen-bond acceptors (Lipinski definition) is 4. The van der Waals surface area contributed by atoms with Crippen LogP contribution in [0.3, 0.4) is 0 Å². The van der Waals surface area contributed by atoms with E-state index < -0.39 is 0 Å². The van der Waals surface area contributed by atoms with Crippen LogP contribution < -0.4 is 0 Å². The van der Waals surface area contributed by atoms with Crippen molar-refractivity contribution in [2.24, 2.45) is 5.41 Å². The van der Waals surface area contributed by atoms with Crippen molar-refractivity contribution in [3.63, 3.8) is 0 Å². The van der Waals surface area contributed by atoms with E-state index in [2.05, 4.69) is 61.9 Å². The van der Waals surface area contributed by atoms with Gasteiger partial charge in [0.1, 0.15) is 0 Å². The molecule has 0 unspecified atom stereocenters. The van der Waals surface area contributed by atoms with Crippen molar-refractivity contribution < 1.29 is 0 Å². The number of piperidine rings is 1. The van der Waals surface area contributed by atoms with E-state index in [1.807, 2.05) is 13.8 Å². The molecule has 0 aromatic rings. The average Bonchev–Trinajstić information content (AvgIpc) is 2.44. The summed E-state index contributed by atoms with van der Waals surface area (Å²) < 4.78 is 0. The Hall–Kier alpha value is -0.160. The van der Waals surface area contributed by atoms with Crippen molar-refractivity contribution in [2.45, 2.75) is 51.6 Å². The molecule has 0 bridgehead atoms. The molecule has 3 rings (SSSR count). The van der Waals surface area contributed by atoms with Gasteiger partial charge in [0.05, 0.1) is 0 Å². The van der Waals surface area contributed by atoms with Crippen LogP contribution in [-0.2, 0) is 0 Å². The molecule has 4 heteroatoms. The maximum atomic E-state index is 2.42. The van der Waals surface area contributed by atoms with Gasteiger partial charge in [0.25, 0.3) is 0 Å². The minimum absolute atomic E-state index is 0.754. The summed E-state index contributed by atoms with van der Waals surface area (Å²) in [6.07, 6.45) is 5.54. The van der Waals surface area contributed by atoms with Crippen molar-refractivity contribution >= 4 is 0 Å². The summed E-state index contributed by atoms with van der Waals surface area (Å²) in [6.45, 7) is 9.22. The molecule has 2 saturated heterocycles. The van der Waals surface area contributed by atoms with Crippen LogP contribution in [0.25, 0.3) is 0 Å². The lowest BCUT2D eigenvalue weighted by molar-refractivity contribution is -0.0885. The first-order valence-electron chi connectivity index (χ1n) is 9.51. The molecule has 2 aliphatic heterocycles. The zero-order valence-corrected chi connectivity index (χ0v) is 17.1. The maximum absolute atomic E-state index is 2.42. The molecule has 0 atom stereocenters. The van der Waals surface area contributed by atoms with E-state index in [-0.39, 0.29) is 0 Å². The molecule has 1 spiro atoms. The van der Waals surface area contributed by atoms with Crippen LogP contribution in [0.5, 0.6) is 0 Å². The number of nitrogens with zero attached hydrogens (tertiary/aromatic N) is 4. The van der Waals surface area contributed by atoms with Crippen LogP contribution >= 0.6 is 0 Å². The second-order valence-electron chi connectivity index (χ2n) is 8.20. The van der Waals surface area contributed by atoms with Crippen molar-refractivity contribution in [1.82, 2.24) is 19.6 Å². The molecule has 0 amide bonds. The van der Waals surface area contributed by atoms with Gasteiger partial charge in [-0.1, -0.05) is 13.8 Å². The van der Waals surface area contributed by atoms with Gasteiger partial charge < -0.3 is 19.6 Å². The van der Waals surface area contributed by atoms with Crippen molar-refractivity contribution in [3.05, 3.63) is 0 Å². The zero-order valence-electron chi connectivity index (χ0n) is 17.1. The molecular formula is C19H42N4. The monoisotopic (exact) mass is 326 g/mol. The lowest BCUT2D eigenvalue weighted by Crippen LogP contribution is -2.64. The van der Waals surface area contributed by atoms with Gasteiger partial charge in [-0.15, -0.1) is 0 Å². The summed E-state index contributed by atoms with van der Waals surface area (Å²) in [6, 6.07) is 1.71. The lowest BCUT2D eigenvalue weighted by Gasteiger charge is -2.59. The largest absolute Gasteiger partial charge is 0.306 e. The van der Waals surface area contributed by atoms with Crippen molar-refractivity contribution in [1.29, 1.82) is 0 Å². The van der Waals surface area contributed by atoms with E-state index in [1.165, 1.54) is 51.9 Å². The second kappa shape index (κ2) is 9.36. The molecule has 1 aliphatic carbocycles. The smallest absolute Gasteiger partial charge is 0.0113 e.